The molecule has 164 valence electrons. The second-order valence-electron chi connectivity index (χ2n) is 8.12. The van der Waals surface area contributed by atoms with Gasteiger partial charge in [0.2, 0.25) is 5.91 Å². The Bertz CT molecular complexity index is 992. The molecule has 0 unspecified atom stereocenters. The summed E-state index contributed by atoms with van der Waals surface area (Å²) in [6.45, 7) is 2.39. The molecule has 0 heterocycles. The number of nitrogens with one attached hydrogen (secondary N) is 2. The summed E-state index contributed by atoms with van der Waals surface area (Å²) in [5.41, 5.74) is -0.167. The zero-order chi connectivity index (χ0) is 22.2. The fourth-order valence-electron chi connectivity index (χ4n) is 4.11. The third-order valence-corrected chi connectivity index (χ3v) is 6.08. The van der Waals surface area contributed by atoms with E-state index in [-0.39, 0.29) is 23.1 Å². The number of carbonyl (C=O) groups excluding carboxylic acids is 2. The number of hydrogen-bond donors (Lipinski definition) is 2. The van der Waals surface area contributed by atoms with Crippen molar-refractivity contribution < 1.29 is 23.1 Å². The van der Waals surface area contributed by atoms with Crippen LogP contribution in [0.5, 0.6) is 0 Å². The molecular weight excluding hydrogens is 426 g/mol. The van der Waals surface area contributed by atoms with Crippen LogP contribution < -0.4 is 10.6 Å². The number of amides is 2. The molecule has 8 heteroatoms. The molecule has 2 aromatic carbocycles. The molecule has 4 rings (SSSR count). The summed E-state index contributed by atoms with van der Waals surface area (Å²) in [6.07, 6.45) is -0.609. The zero-order valence-electron chi connectivity index (χ0n) is 17.0. The normalized spacial score (nSPS) is 22.8. The lowest BCUT2D eigenvalue weighted by molar-refractivity contribution is -0.159. The third kappa shape index (κ3) is 4.43. The van der Waals surface area contributed by atoms with Gasteiger partial charge in [0.15, 0.2) is 0 Å². The van der Waals surface area contributed by atoms with Crippen molar-refractivity contribution >= 4 is 29.1 Å². The van der Waals surface area contributed by atoms with Gasteiger partial charge in [0.25, 0.3) is 11.8 Å². The van der Waals surface area contributed by atoms with Crippen LogP contribution in [0, 0.1) is 0 Å². The monoisotopic (exact) mass is 448 g/mol. The first-order valence-corrected chi connectivity index (χ1v) is 10.6. The van der Waals surface area contributed by atoms with Crippen molar-refractivity contribution in [3.63, 3.8) is 0 Å². The summed E-state index contributed by atoms with van der Waals surface area (Å²) in [5, 5.41) is 5.73. The molecule has 31 heavy (non-hydrogen) atoms. The van der Waals surface area contributed by atoms with Crippen LogP contribution in [0.2, 0.25) is 5.02 Å². The molecule has 2 aliphatic rings. The number of hydrogen-bond acceptors (Lipinski definition) is 3. The highest BCUT2D eigenvalue weighted by atomic mass is 35.5. The minimum Gasteiger partial charge on any atom is -0.376 e. The first-order valence-electron chi connectivity index (χ1n) is 10.2. The summed E-state index contributed by atoms with van der Waals surface area (Å²) < 4.78 is 33.3. The van der Waals surface area contributed by atoms with Crippen LogP contribution in [0.15, 0.2) is 48.5 Å². The van der Waals surface area contributed by atoms with Crippen LogP contribution in [-0.4, -0.2) is 36.5 Å². The Kier molecular flexibility index (Phi) is 5.75. The highest BCUT2D eigenvalue weighted by Crippen LogP contribution is 2.55. The number of alkyl halides is 2. The fourth-order valence-corrected chi connectivity index (χ4v) is 4.47. The van der Waals surface area contributed by atoms with E-state index in [0.717, 1.165) is 0 Å². The molecule has 0 aromatic heterocycles. The summed E-state index contributed by atoms with van der Waals surface area (Å²) in [6, 6.07) is 13.1. The number of ether oxygens (including phenoxy) is 1. The molecule has 2 atom stereocenters. The Balaban J connectivity index is 1.52. The van der Waals surface area contributed by atoms with Crippen molar-refractivity contribution in [1.82, 2.24) is 5.32 Å². The topological polar surface area (TPSA) is 67.4 Å². The van der Waals surface area contributed by atoms with Gasteiger partial charge in [0.1, 0.15) is 0 Å². The molecule has 5 nitrogen and oxygen atoms in total. The molecule has 2 saturated carbocycles. The van der Waals surface area contributed by atoms with Crippen molar-refractivity contribution in [1.29, 1.82) is 0 Å². The first-order chi connectivity index (χ1) is 14.7. The van der Waals surface area contributed by atoms with E-state index in [1.807, 2.05) is 6.92 Å². The molecule has 2 fully saturated rings. The van der Waals surface area contributed by atoms with Gasteiger partial charge in [0.05, 0.1) is 17.6 Å². The van der Waals surface area contributed by atoms with Crippen molar-refractivity contribution in [2.75, 3.05) is 11.9 Å². The van der Waals surface area contributed by atoms with Crippen LogP contribution in [0.1, 0.15) is 42.1 Å². The van der Waals surface area contributed by atoms with E-state index in [2.05, 4.69) is 10.6 Å². The quantitative estimate of drug-likeness (QED) is 0.652. The molecule has 0 bridgehead atoms. The smallest absolute Gasteiger partial charge is 0.255 e. The summed E-state index contributed by atoms with van der Waals surface area (Å²) in [4.78, 5) is 25.4. The number of carbonyl (C=O) groups is 2. The minimum absolute atomic E-state index is 0.0716. The second-order valence-corrected chi connectivity index (χ2v) is 8.52. The zero-order valence-corrected chi connectivity index (χ0v) is 17.7. The molecule has 2 amide bonds. The molecule has 0 radical (unpaired) electrons. The molecule has 2 aromatic rings. The fraction of sp³-hybridized carbons (Fsp3) is 0.391. The van der Waals surface area contributed by atoms with E-state index in [9.17, 15) is 18.4 Å². The Hall–Kier alpha value is -2.51. The van der Waals surface area contributed by atoms with Gasteiger partial charge in [-0.25, -0.2) is 8.78 Å². The number of halogens is 3. The van der Waals surface area contributed by atoms with Crippen LogP contribution in [0.3, 0.4) is 0 Å². The Labute approximate surface area is 184 Å². The summed E-state index contributed by atoms with van der Waals surface area (Å²) in [7, 11) is 0. The molecule has 0 aliphatic heterocycles. The van der Waals surface area contributed by atoms with Gasteiger partial charge >= 0.3 is 0 Å². The SMILES string of the molecule is CCO[C@@H]1C[C@H]1NC(=O)C1(c2ccc(NC(=O)c3ccccc3)cc2Cl)CC(F)(F)C1. The van der Waals surface area contributed by atoms with Gasteiger partial charge in [0, 0.05) is 35.7 Å². The van der Waals surface area contributed by atoms with Gasteiger partial charge in [-0.2, -0.15) is 0 Å². The molecule has 2 aliphatic carbocycles. The Morgan fingerprint density at radius 2 is 1.87 bits per heavy atom. The third-order valence-electron chi connectivity index (χ3n) is 5.76. The van der Waals surface area contributed by atoms with Gasteiger partial charge < -0.3 is 15.4 Å². The lowest BCUT2D eigenvalue weighted by Crippen LogP contribution is -2.59. The van der Waals surface area contributed by atoms with E-state index in [1.165, 1.54) is 6.07 Å². The predicted octanol–water partition coefficient (Wildman–Crippen LogP) is 4.55. The average molecular weight is 449 g/mol. The number of benzene rings is 2. The molecular formula is C23H23ClF2N2O3. The van der Waals surface area contributed by atoms with E-state index >= 15 is 0 Å². The van der Waals surface area contributed by atoms with Gasteiger partial charge in [-0.15, -0.1) is 0 Å². The summed E-state index contributed by atoms with van der Waals surface area (Å²) in [5.74, 6) is -3.71. The number of rotatable bonds is 7. The van der Waals surface area contributed by atoms with Gasteiger partial charge in [-0.1, -0.05) is 35.9 Å². The van der Waals surface area contributed by atoms with E-state index in [1.54, 1.807) is 42.5 Å². The van der Waals surface area contributed by atoms with E-state index < -0.39 is 30.1 Å². The lowest BCUT2D eigenvalue weighted by Gasteiger charge is -2.46. The maximum atomic E-state index is 13.9. The highest BCUT2D eigenvalue weighted by Gasteiger charge is 2.63. The highest BCUT2D eigenvalue weighted by molar-refractivity contribution is 6.32. The van der Waals surface area contributed by atoms with Crippen molar-refractivity contribution in [3.05, 3.63) is 64.7 Å². The van der Waals surface area contributed by atoms with Crippen LogP contribution in [0.4, 0.5) is 14.5 Å². The van der Waals surface area contributed by atoms with Crippen molar-refractivity contribution in [2.45, 2.75) is 49.7 Å². The Morgan fingerprint density at radius 3 is 2.48 bits per heavy atom. The molecule has 0 spiro atoms. The maximum absolute atomic E-state index is 13.9. The van der Waals surface area contributed by atoms with Crippen molar-refractivity contribution in [3.8, 4) is 0 Å². The number of anilines is 1. The van der Waals surface area contributed by atoms with E-state index in [0.29, 0.717) is 29.8 Å². The standard InChI is InChI=1S/C23H23ClF2N2O3/c1-2-31-19-11-18(19)28-21(30)22(12-23(25,26)13-22)16-9-8-15(10-17(16)24)27-20(29)14-6-4-3-5-7-14/h3-10,18-19H,2,11-13H2,1H3,(H,27,29)(H,28,30)/t18-,19-/m1/s1. The minimum atomic E-state index is -2.93. The van der Waals surface area contributed by atoms with E-state index in [4.69, 9.17) is 16.3 Å². The molecule has 0 saturated heterocycles. The summed E-state index contributed by atoms with van der Waals surface area (Å²) >= 11 is 6.42. The molecule has 2 N–H and O–H groups in total. The predicted molar refractivity (Wildman–Crippen MR) is 114 cm³/mol. The van der Waals surface area contributed by atoms with Crippen LogP contribution in [0.25, 0.3) is 0 Å². The lowest BCUT2D eigenvalue weighted by atomic mass is 9.61. The average Bonchev–Trinajstić information content (AvgIpc) is 3.44. The maximum Gasteiger partial charge on any atom is 0.255 e. The van der Waals surface area contributed by atoms with Crippen LogP contribution >= 0.6 is 11.6 Å². The second kappa shape index (κ2) is 8.20. The first kappa shape index (κ1) is 21.7. The largest absolute Gasteiger partial charge is 0.376 e. The van der Waals surface area contributed by atoms with Gasteiger partial charge in [-0.05, 0) is 43.2 Å². The van der Waals surface area contributed by atoms with Crippen LogP contribution in [-0.2, 0) is 14.9 Å². The van der Waals surface area contributed by atoms with Gasteiger partial charge in [-0.3, -0.25) is 9.59 Å². The van der Waals surface area contributed by atoms with Crippen molar-refractivity contribution in [2.24, 2.45) is 0 Å². The Morgan fingerprint density at radius 1 is 1.16 bits per heavy atom.